The minimum Gasteiger partial charge on any atom is -0.496 e. The van der Waals surface area contributed by atoms with Crippen LogP contribution in [0.1, 0.15) is 68.2 Å². The molecule has 1 N–H and O–H groups in total. The number of hydrogen-bond donors (Lipinski definition) is 1. The summed E-state index contributed by atoms with van der Waals surface area (Å²) in [7, 11) is 1.75. The van der Waals surface area contributed by atoms with Crippen LogP contribution in [0, 0.1) is 11.8 Å². The molecule has 5 heteroatoms. The van der Waals surface area contributed by atoms with Crippen molar-refractivity contribution in [3.8, 4) is 5.75 Å². The number of benzene rings is 3. The van der Waals surface area contributed by atoms with Crippen LogP contribution in [-0.2, 0) is 11.3 Å². The van der Waals surface area contributed by atoms with Crippen molar-refractivity contribution in [3.05, 3.63) is 101 Å². The number of nitrogens with zero attached hydrogens (tertiary/aromatic N) is 2. The van der Waals surface area contributed by atoms with Gasteiger partial charge in [-0.3, -0.25) is 9.69 Å². The average Bonchev–Trinajstić information content (AvgIpc) is 3.02. The predicted octanol–water partition coefficient (Wildman–Crippen LogP) is 6.30. The molecule has 3 aromatic rings. The molecule has 2 unspecified atom stereocenters. The molecule has 41 heavy (non-hydrogen) atoms. The molecule has 3 saturated heterocycles. The van der Waals surface area contributed by atoms with E-state index in [1.807, 2.05) is 0 Å². The molecule has 5 nitrogen and oxygen atoms in total. The van der Waals surface area contributed by atoms with Crippen molar-refractivity contribution in [2.24, 2.45) is 11.8 Å². The van der Waals surface area contributed by atoms with E-state index in [0.717, 1.165) is 44.9 Å². The largest absolute Gasteiger partial charge is 0.496 e. The summed E-state index contributed by atoms with van der Waals surface area (Å²) in [5, 5.41) is 3.92. The molecule has 0 aromatic heterocycles. The van der Waals surface area contributed by atoms with Crippen LogP contribution in [-0.4, -0.2) is 61.1 Å². The number of carbonyl (C=O) groups excluding carboxylic acids is 1. The molecule has 3 aromatic carbocycles. The molecule has 3 heterocycles. The number of fused-ring (bicyclic) bond motifs is 3. The number of amides is 1. The third kappa shape index (κ3) is 6.07. The van der Waals surface area contributed by atoms with Crippen molar-refractivity contribution in [2.45, 2.75) is 64.6 Å². The van der Waals surface area contributed by atoms with Gasteiger partial charge in [0.2, 0.25) is 5.91 Å². The summed E-state index contributed by atoms with van der Waals surface area (Å²) in [6.07, 6.45) is 1.03. The van der Waals surface area contributed by atoms with Crippen molar-refractivity contribution in [1.29, 1.82) is 0 Å². The summed E-state index contributed by atoms with van der Waals surface area (Å²) in [6, 6.07) is 28.5. The molecule has 2 bridgehead atoms. The fourth-order valence-electron chi connectivity index (χ4n) is 7.33. The van der Waals surface area contributed by atoms with Crippen LogP contribution in [0.5, 0.6) is 5.75 Å². The smallest absolute Gasteiger partial charge is 0.227 e. The first kappa shape index (κ1) is 29.3. The minimum absolute atomic E-state index is 0.0794. The number of piperidine rings is 3. The lowest BCUT2D eigenvalue weighted by Gasteiger charge is -2.57. The lowest BCUT2D eigenvalue weighted by atomic mass is 9.64. The zero-order chi connectivity index (χ0) is 28.9. The minimum atomic E-state index is -0.0794. The molecule has 5 atom stereocenters. The van der Waals surface area contributed by atoms with E-state index in [-0.39, 0.29) is 29.8 Å². The van der Waals surface area contributed by atoms with E-state index < -0.39 is 0 Å². The van der Waals surface area contributed by atoms with E-state index in [1.165, 1.54) is 22.3 Å². The Morgan fingerprint density at radius 1 is 0.951 bits per heavy atom. The summed E-state index contributed by atoms with van der Waals surface area (Å²) in [5.41, 5.74) is 5.08. The molecular weight excluding hydrogens is 506 g/mol. The van der Waals surface area contributed by atoms with Crippen molar-refractivity contribution < 1.29 is 9.53 Å². The van der Waals surface area contributed by atoms with Gasteiger partial charge in [-0.05, 0) is 61.4 Å². The number of carbonyl (C=O) groups is 1. The molecule has 6 rings (SSSR count). The van der Waals surface area contributed by atoms with E-state index in [9.17, 15) is 4.79 Å². The lowest BCUT2D eigenvalue weighted by Crippen LogP contribution is -2.68. The number of ether oxygens (including phenoxy) is 1. The van der Waals surface area contributed by atoms with E-state index in [0.29, 0.717) is 11.8 Å². The van der Waals surface area contributed by atoms with Crippen LogP contribution >= 0.6 is 0 Å². The second kappa shape index (κ2) is 13.2. The second-order valence-electron chi connectivity index (χ2n) is 12.0. The van der Waals surface area contributed by atoms with Gasteiger partial charge in [0.15, 0.2) is 0 Å². The molecule has 0 radical (unpaired) electrons. The molecule has 218 valence electrons. The fourth-order valence-corrected chi connectivity index (χ4v) is 7.33. The van der Waals surface area contributed by atoms with Gasteiger partial charge in [-0.25, -0.2) is 0 Å². The molecule has 3 fully saturated rings. The summed E-state index contributed by atoms with van der Waals surface area (Å²) in [6.45, 7) is 12.8. The highest BCUT2D eigenvalue weighted by atomic mass is 16.5. The van der Waals surface area contributed by atoms with Gasteiger partial charge in [-0.15, -0.1) is 0 Å². The van der Waals surface area contributed by atoms with Gasteiger partial charge in [0, 0.05) is 49.7 Å². The Kier molecular flexibility index (Phi) is 9.46. The average molecular weight is 554 g/mol. The van der Waals surface area contributed by atoms with E-state index in [1.54, 1.807) is 7.11 Å². The summed E-state index contributed by atoms with van der Waals surface area (Å²) in [5.74, 6) is 2.01. The SMILES string of the molecule is CCN(CC)C(=O)[C@H]1C(C(c2ccccc2)c2ccccc2)N2CC[C@@H]1[C@H](NCc1cc(C(C)C)ccc1OC)C2. The van der Waals surface area contributed by atoms with Crippen LogP contribution in [0.15, 0.2) is 78.9 Å². The molecule has 3 aliphatic rings. The Bertz CT molecular complexity index is 1230. The highest BCUT2D eigenvalue weighted by molar-refractivity contribution is 5.81. The van der Waals surface area contributed by atoms with E-state index in [2.05, 4.69) is 122 Å². The van der Waals surface area contributed by atoms with E-state index >= 15 is 0 Å². The van der Waals surface area contributed by atoms with Gasteiger partial charge in [0.25, 0.3) is 0 Å². The summed E-state index contributed by atoms with van der Waals surface area (Å²) < 4.78 is 5.74. The Labute approximate surface area is 246 Å². The number of methoxy groups -OCH3 is 1. The van der Waals surface area contributed by atoms with Crippen LogP contribution in [0.2, 0.25) is 0 Å². The summed E-state index contributed by atoms with van der Waals surface area (Å²) >= 11 is 0. The van der Waals surface area contributed by atoms with Crippen molar-refractivity contribution in [2.75, 3.05) is 33.3 Å². The molecule has 3 aliphatic heterocycles. The maximum atomic E-state index is 14.4. The molecular formula is C36H47N3O2. The fraction of sp³-hybridized carbons (Fsp3) is 0.472. The Balaban J connectivity index is 1.50. The standard InChI is InChI=1S/C36H47N3O2/c1-6-38(7-2)36(40)34-30-20-21-39(24-31(30)37-23-29-22-28(25(3)4)18-19-32(29)41-5)35(34)33(26-14-10-8-11-15-26)27-16-12-9-13-17-27/h8-19,22,25,30-31,33-35,37H,6-7,20-21,23-24H2,1-5H3/t30-,31-,34-,35?/m1/s1. The van der Waals surface area contributed by atoms with Crippen molar-refractivity contribution >= 4 is 5.91 Å². The van der Waals surface area contributed by atoms with Gasteiger partial charge in [-0.1, -0.05) is 86.6 Å². The quantitative estimate of drug-likeness (QED) is 0.303. The lowest BCUT2D eigenvalue weighted by molar-refractivity contribution is -0.148. The first-order valence-electron chi connectivity index (χ1n) is 15.5. The third-order valence-corrected chi connectivity index (χ3v) is 9.49. The van der Waals surface area contributed by atoms with Gasteiger partial charge < -0.3 is 15.0 Å². The Morgan fingerprint density at radius 3 is 2.15 bits per heavy atom. The van der Waals surface area contributed by atoms with Gasteiger partial charge in [0.1, 0.15) is 5.75 Å². The van der Waals surface area contributed by atoms with Crippen LogP contribution in [0.4, 0.5) is 0 Å². The monoisotopic (exact) mass is 553 g/mol. The van der Waals surface area contributed by atoms with Gasteiger partial charge >= 0.3 is 0 Å². The normalized spacial score (nSPS) is 23.6. The second-order valence-corrected chi connectivity index (χ2v) is 12.0. The first-order chi connectivity index (χ1) is 20.0. The van der Waals surface area contributed by atoms with Crippen LogP contribution < -0.4 is 10.1 Å². The summed E-state index contributed by atoms with van der Waals surface area (Å²) in [4.78, 5) is 19.1. The first-order valence-corrected chi connectivity index (χ1v) is 15.5. The Morgan fingerprint density at radius 2 is 1.59 bits per heavy atom. The maximum absolute atomic E-state index is 14.4. The number of hydrogen-bond acceptors (Lipinski definition) is 4. The zero-order valence-corrected chi connectivity index (χ0v) is 25.4. The number of rotatable bonds is 11. The van der Waals surface area contributed by atoms with Gasteiger partial charge in [-0.2, -0.15) is 0 Å². The highest BCUT2D eigenvalue weighted by Crippen LogP contribution is 2.46. The highest BCUT2D eigenvalue weighted by Gasteiger charge is 2.53. The zero-order valence-electron chi connectivity index (χ0n) is 25.4. The molecule has 0 saturated carbocycles. The Hall–Kier alpha value is -3.15. The molecule has 0 spiro atoms. The van der Waals surface area contributed by atoms with Gasteiger partial charge in [0.05, 0.1) is 13.0 Å². The number of nitrogens with one attached hydrogen (secondary N) is 1. The molecule has 1 amide bonds. The predicted molar refractivity (Wildman–Crippen MR) is 167 cm³/mol. The van der Waals surface area contributed by atoms with Crippen LogP contribution in [0.25, 0.3) is 0 Å². The van der Waals surface area contributed by atoms with E-state index in [4.69, 9.17) is 4.74 Å². The van der Waals surface area contributed by atoms with Crippen molar-refractivity contribution in [3.63, 3.8) is 0 Å². The molecule has 0 aliphatic carbocycles. The maximum Gasteiger partial charge on any atom is 0.227 e. The van der Waals surface area contributed by atoms with Crippen molar-refractivity contribution in [1.82, 2.24) is 15.1 Å². The topological polar surface area (TPSA) is 44.8 Å². The van der Waals surface area contributed by atoms with Crippen LogP contribution in [0.3, 0.4) is 0 Å². The third-order valence-electron chi connectivity index (χ3n) is 9.49.